The van der Waals surface area contributed by atoms with Gasteiger partial charge in [0.05, 0.1) is 0 Å². The van der Waals surface area contributed by atoms with E-state index in [2.05, 4.69) is 50.2 Å². The summed E-state index contributed by atoms with van der Waals surface area (Å²) in [7, 11) is 0. The third-order valence-electron chi connectivity index (χ3n) is 2.13. The second-order valence-electron chi connectivity index (χ2n) is 3.19. The van der Waals surface area contributed by atoms with Crippen molar-refractivity contribution < 1.29 is 0 Å². The molecule has 1 aromatic heterocycles. The topological polar surface area (TPSA) is 0 Å². The van der Waals surface area contributed by atoms with Crippen molar-refractivity contribution in [3.8, 4) is 11.1 Å². The summed E-state index contributed by atoms with van der Waals surface area (Å²) in [5.41, 5.74) is 2.70. The highest BCUT2D eigenvalue weighted by atomic mass is 32.1. The molecule has 1 heteroatoms. The van der Waals surface area contributed by atoms with Gasteiger partial charge in [-0.3, -0.25) is 0 Å². The van der Waals surface area contributed by atoms with Gasteiger partial charge in [-0.2, -0.15) is 0 Å². The maximum atomic E-state index is 2.26. The zero-order valence-electron chi connectivity index (χ0n) is 7.87. The molecule has 2 aromatic rings. The standard InChI is InChI=1S/C12H12S/c1-9-8-12(10(2)13-9)11-6-4-3-5-7-11/h3-8H,1-2H3. The molecule has 0 bridgehead atoms. The highest BCUT2D eigenvalue weighted by Gasteiger charge is 2.03. The van der Waals surface area contributed by atoms with Gasteiger partial charge in [-0.25, -0.2) is 0 Å². The summed E-state index contributed by atoms with van der Waals surface area (Å²) in [6, 6.07) is 12.8. The molecule has 0 amide bonds. The second-order valence-corrected chi connectivity index (χ2v) is 4.65. The van der Waals surface area contributed by atoms with Crippen molar-refractivity contribution in [2.75, 3.05) is 0 Å². The first-order chi connectivity index (χ1) is 6.27. The van der Waals surface area contributed by atoms with E-state index in [1.54, 1.807) is 0 Å². The maximum absolute atomic E-state index is 2.26. The lowest BCUT2D eigenvalue weighted by Gasteiger charge is -1.97. The molecule has 0 radical (unpaired) electrons. The maximum Gasteiger partial charge on any atom is 0.00954 e. The highest BCUT2D eigenvalue weighted by molar-refractivity contribution is 7.12. The predicted molar refractivity (Wildman–Crippen MR) is 59.2 cm³/mol. The van der Waals surface area contributed by atoms with Crippen LogP contribution in [0.3, 0.4) is 0 Å². The number of thiophene rings is 1. The molecule has 0 saturated carbocycles. The Balaban J connectivity index is 2.53. The van der Waals surface area contributed by atoms with E-state index in [-0.39, 0.29) is 0 Å². The molecule has 0 aliphatic heterocycles. The number of hydrogen-bond donors (Lipinski definition) is 0. The summed E-state index contributed by atoms with van der Waals surface area (Å²) >= 11 is 1.86. The summed E-state index contributed by atoms with van der Waals surface area (Å²) in [6.45, 7) is 4.34. The lowest BCUT2D eigenvalue weighted by Crippen LogP contribution is -1.74. The van der Waals surface area contributed by atoms with Crippen LogP contribution in [0.1, 0.15) is 9.75 Å². The largest absolute Gasteiger partial charge is 0.145 e. The van der Waals surface area contributed by atoms with Crippen LogP contribution in [0.25, 0.3) is 11.1 Å². The number of rotatable bonds is 1. The summed E-state index contributed by atoms with van der Waals surface area (Å²) in [4.78, 5) is 2.79. The first-order valence-electron chi connectivity index (χ1n) is 4.40. The quantitative estimate of drug-likeness (QED) is 0.633. The predicted octanol–water partition coefficient (Wildman–Crippen LogP) is 4.03. The molecule has 13 heavy (non-hydrogen) atoms. The molecule has 0 spiro atoms. The Morgan fingerprint density at radius 1 is 1.00 bits per heavy atom. The molecule has 0 saturated heterocycles. The monoisotopic (exact) mass is 188 g/mol. The minimum Gasteiger partial charge on any atom is -0.145 e. The molecule has 1 heterocycles. The van der Waals surface area contributed by atoms with E-state index < -0.39 is 0 Å². The molecule has 0 aliphatic carbocycles. The second kappa shape index (κ2) is 3.35. The van der Waals surface area contributed by atoms with E-state index in [4.69, 9.17) is 0 Å². The summed E-state index contributed by atoms with van der Waals surface area (Å²) in [5, 5.41) is 0. The van der Waals surface area contributed by atoms with E-state index >= 15 is 0 Å². The zero-order valence-corrected chi connectivity index (χ0v) is 8.69. The van der Waals surface area contributed by atoms with Crippen LogP contribution in [0.5, 0.6) is 0 Å². The number of hydrogen-bond acceptors (Lipinski definition) is 1. The van der Waals surface area contributed by atoms with Crippen LogP contribution in [-0.4, -0.2) is 0 Å². The fraction of sp³-hybridized carbons (Fsp3) is 0.167. The van der Waals surface area contributed by atoms with Gasteiger partial charge < -0.3 is 0 Å². The first kappa shape index (κ1) is 8.52. The molecule has 1 aromatic carbocycles. The zero-order chi connectivity index (χ0) is 9.26. The minimum atomic E-state index is 1.32. The summed E-state index contributed by atoms with van der Waals surface area (Å²) in [5.74, 6) is 0. The van der Waals surface area contributed by atoms with Gasteiger partial charge in [0.1, 0.15) is 0 Å². The molecule has 0 fully saturated rings. The molecule has 66 valence electrons. The lowest BCUT2D eigenvalue weighted by molar-refractivity contribution is 1.57. The van der Waals surface area contributed by atoms with Crippen LogP contribution >= 0.6 is 11.3 Å². The summed E-state index contributed by atoms with van der Waals surface area (Å²) < 4.78 is 0. The Hall–Kier alpha value is -1.08. The smallest absolute Gasteiger partial charge is 0.00954 e. The van der Waals surface area contributed by atoms with Gasteiger partial charge in [0.25, 0.3) is 0 Å². The van der Waals surface area contributed by atoms with Crippen LogP contribution < -0.4 is 0 Å². The Morgan fingerprint density at radius 2 is 1.69 bits per heavy atom. The average Bonchev–Trinajstić information content (AvgIpc) is 2.47. The Morgan fingerprint density at radius 3 is 2.23 bits per heavy atom. The van der Waals surface area contributed by atoms with Crippen molar-refractivity contribution in [2.45, 2.75) is 13.8 Å². The van der Waals surface area contributed by atoms with Gasteiger partial charge in [-0.15, -0.1) is 11.3 Å². The molecule has 2 rings (SSSR count). The van der Waals surface area contributed by atoms with E-state index in [1.165, 1.54) is 20.9 Å². The average molecular weight is 188 g/mol. The van der Waals surface area contributed by atoms with E-state index in [9.17, 15) is 0 Å². The van der Waals surface area contributed by atoms with E-state index in [0.29, 0.717) is 0 Å². The van der Waals surface area contributed by atoms with Gasteiger partial charge in [-0.05, 0) is 31.0 Å². The van der Waals surface area contributed by atoms with Gasteiger partial charge in [0, 0.05) is 9.75 Å². The van der Waals surface area contributed by atoms with Crippen LogP contribution in [-0.2, 0) is 0 Å². The molecule has 0 N–H and O–H groups in total. The fourth-order valence-electron chi connectivity index (χ4n) is 1.54. The number of benzene rings is 1. The third-order valence-corrected chi connectivity index (χ3v) is 3.09. The first-order valence-corrected chi connectivity index (χ1v) is 5.21. The molecule has 0 unspecified atom stereocenters. The lowest BCUT2D eigenvalue weighted by atomic mass is 10.1. The summed E-state index contributed by atoms with van der Waals surface area (Å²) in [6.07, 6.45) is 0. The normalized spacial score (nSPS) is 10.3. The van der Waals surface area contributed by atoms with Crippen molar-refractivity contribution in [3.63, 3.8) is 0 Å². The van der Waals surface area contributed by atoms with E-state index in [1.807, 2.05) is 11.3 Å². The number of aryl methyl sites for hydroxylation is 2. The molecule has 0 aliphatic rings. The minimum absolute atomic E-state index is 1.32. The molecule has 0 nitrogen and oxygen atoms in total. The van der Waals surface area contributed by atoms with Gasteiger partial charge in [0.2, 0.25) is 0 Å². The van der Waals surface area contributed by atoms with Crippen molar-refractivity contribution in [1.82, 2.24) is 0 Å². The van der Waals surface area contributed by atoms with Crippen molar-refractivity contribution in [1.29, 1.82) is 0 Å². The highest BCUT2D eigenvalue weighted by Crippen LogP contribution is 2.29. The van der Waals surface area contributed by atoms with Crippen LogP contribution in [0, 0.1) is 13.8 Å². The molecular formula is C12H12S. The van der Waals surface area contributed by atoms with Crippen molar-refractivity contribution in [2.24, 2.45) is 0 Å². The van der Waals surface area contributed by atoms with Crippen LogP contribution in [0.15, 0.2) is 36.4 Å². The molecule has 0 atom stereocenters. The van der Waals surface area contributed by atoms with Crippen LogP contribution in [0.4, 0.5) is 0 Å². The Bertz CT molecular complexity index is 398. The molecular weight excluding hydrogens is 176 g/mol. The third kappa shape index (κ3) is 1.65. The Labute approximate surface area is 82.9 Å². The Kier molecular flexibility index (Phi) is 2.19. The van der Waals surface area contributed by atoms with Crippen molar-refractivity contribution in [3.05, 3.63) is 46.2 Å². The van der Waals surface area contributed by atoms with Gasteiger partial charge >= 0.3 is 0 Å². The van der Waals surface area contributed by atoms with Crippen molar-refractivity contribution >= 4 is 11.3 Å². The fourth-order valence-corrected chi connectivity index (χ4v) is 2.48. The van der Waals surface area contributed by atoms with Crippen LogP contribution in [0.2, 0.25) is 0 Å². The SMILES string of the molecule is Cc1cc(-c2ccccc2)c(C)s1. The van der Waals surface area contributed by atoms with Gasteiger partial charge in [-0.1, -0.05) is 30.3 Å². The van der Waals surface area contributed by atoms with E-state index in [0.717, 1.165) is 0 Å². The van der Waals surface area contributed by atoms with Gasteiger partial charge in [0.15, 0.2) is 0 Å².